The summed E-state index contributed by atoms with van der Waals surface area (Å²) < 4.78 is 38.9. The Morgan fingerprint density at radius 1 is 1.14 bits per heavy atom. The third-order valence-electron chi connectivity index (χ3n) is 4.26. The van der Waals surface area contributed by atoms with Crippen LogP contribution in [0.4, 0.5) is 5.82 Å². The Kier molecular flexibility index (Phi) is 4.47. The first-order valence-electron chi connectivity index (χ1n) is 8.47. The summed E-state index contributed by atoms with van der Waals surface area (Å²) in [6.07, 6.45) is 3.81. The van der Waals surface area contributed by atoms with E-state index in [2.05, 4.69) is 20.1 Å². The third kappa shape index (κ3) is 3.18. The molecule has 144 valence electrons. The van der Waals surface area contributed by atoms with Gasteiger partial charge in [-0.15, -0.1) is 0 Å². The highest BCUT2D eigenvalue weighted by atomic mass is 32.2. The van der Waals surface area contributed by atoms with E-state index in [1.807, 2.05) is 13.0 Å². The largest absolute Gasteiger partial charge is 0.495 e. The molecule has 0 spiro atoms. The van der Waals surface area contributed by atoms with Gasteiger partial charge in [-0.3, -0.25) is 4.72 Å². The molecule has 0 radical (unpaired) electrons. The van der Waals surface area contributed by atoms with E-state index in [9.17, 15) is 8.42 Å². The van der Waals surface area contributed by atoms with E-state index in [1.165, 1.54) is 11.9 Å². The van der Waals surface area contributed by atoms with Crippen molar-refractivity contribution in [2.24, 2.45) is 0 Å². The van der Waals surface area contributed by atoms with Crippen LogP contribution in [-0.2, 0) is 16.4 Å². The molecule has 0 unspecified atom stereocenters. The van der Waals surface area contributed by atoms with Gasteiger partial charge in [0, 0.05) is 6.07 Å². The van der Waals surface area contributed by atoms with Crippen molar-refractivity contribution < 1.29 is 17.7 Å². The Morgan fingerprint density at radius 2 is 1.93 bits per heavy atom. The van der Waals surface area contributed by atoms with E-state index in [0.29, 0.717) is 23.1 Å². The minimum atomic E-state index is -3.93. The highest BCUT2D eigenvalue weighted by molar-refractivity contribution is 7.92. The lowest BCUT2D eigenvalue weighted by molar-refractivity contribution is 0.402. The van der Waals surface area contributed by atoms with Gasteiger partial charge in [-0.05, 0) is 36.2 Å². The number of ether oxygens (including phenoxy) is 1. The molecule has 0 aliphatic carbocycles. The fourth-order valence-electron chi connectivity index (χ4n) is 2.81. The molecule has 0 atom stereocenters. The van der Waals surface area contributed by atoms with Gasteiger partial charge in [0.05, 0.1) is 30.6 Å². The molecule has 0 aliphatic rings. The van der Waals surface area contributed by atoms with Gasteiger partial charge in [0.15, 0.2) is 11.4 Å². The van der Waals surface area contributed by atoms with Gasteiger partial charge in [0.25, 0.3) is 10.0 Å². The highest BCUT2D eigenvalue weighted by Gasteiger charge is 2.23. The zero-order valence-electron chi connectivity index (χ0n) is 15.2. The van der Waals surface area contributed by atoms with Crippen LogP contribution in [0.25, 0.3) is 16.7 Å². The zero-order valence-corrected chi connectivity index (χ0v) is 16.0. The first-order valence-corrected chi connectivity index (χ1v) is 9.96. The molecule has 4 rings (SSSR count). The average Bonchev–Trinajstić information content (AvgIpc) is 3.37. The van der Waals surface area contributed by atoms with Gasteiger partial charge in [-0.1, -0.05) is 18.1 Å². The molecule has 2 heterocycles. The number of benzene rings is 2. The van der Waals surface area contributed by atoms with Crippen molar-refractivity contribution in [2.75, 3.05) is 11.8 Å². The van der Waals surface area contributed by atoms with Crippen molar-refractivity contribution in [1.82, 2.24) is 20.2 Å². The summed E-state index contributed by atoms with van der Waals surface area (Å²) >= 11 is 0. The summed E-state index contributed by atoms with van der Waals surface area (Å²) in [6.45, 7) is 1.95. The second-order valence-electron chi connectivity index (χ2n) is 5.97. The minimum absolute atomic E-state index is 0.0443. The third-order valence-corrected chi connectivity index (χ3v) is 5.62. The van der Waals surface area contributed by atoms with Gasteiger partial charge >= 0.3 is 0 Å². The van der Waals surface area contributed by atoms with Crippen LogP contribution in [0.1, 0.15) is 12.5 Å². The van der Waals surface area contributed by atoms with Gasteiger partial charge in [0.2, 0.25) is 0 Å². The standard InChI is InChI=1S/C18H17N5O4S/c1-3-12-4-7-15(26-2)17(10-12)28(24,25)22-18-14-6-5-13(11-16(14)27-21-18)23-19-8-9-20-23/h4-11H,3H2,1-2H3,(H,21,22). The molecule has 1 N–H and O–H groups in total. The number of methoxy groups -OCH3 is 1. The molecule has 28 heavy (non-hydrogen) atoms. The van der Waals surface area contributed by atoms with Crippen LogP contribution in [0, 0.1) is 0 Å². The molecule has 0 amide bonds. The number of hydrogen-bond acceptors (Lipinski definition) is 7. The second-order valence-corrected chi connectivity index (χ2v) is 7.63. The van der Waals surface area contributed by atoms with Crippen LogP contribution in [0.5, 0.6) is 5.75 Å². The van der Waals surface area contributed by atoms with Crippen molar-refractivity contribution in [1.29, 1.82) is 0 Å². The van der Waals surface area contributed by atoms with E-state index in [-0.39, 0.29) is 16.5 Å². The van der Waals surface area contributed by atoms with Crippen LogP contribution in [0.3, 0.4) is 0 Å². The van der Waals surface area contributed by atoms with Crippen molar-refractivity contribution >= 4 is 26.8 Å². The number of anilines is 1. The molecule has 0 saturated carbocycles. The summed E-state index contributed by atoms with van der Waals surface area (Å²) in [6, 6.07) is 10.2. The number of nitrogens with one attached hydrogen (secondary N) is 1. The molecule has 0 aliphatic heterocycles. The van der Waals surface area contributed by atoms with E-state index in [0.717, 1.165) is 5.56 Å². The minimum Gasteiger partial charge on any atom is -0.495 e. The number of fused-ring (bicyclic) bond motifs is 1. The average molecular weight is 399 g/mol. The Labute approximate surface area is 161 Å². The maximum absolute atomic E-state index is 12.9. The lowest BCUT2D eigenvalue weighted by atomic mass is 10.2. The number of aryl methyl sites for hydroxylation is 1. The quantitative estimate of drug-likeness (QED) is 0.530. The van der Waals surface area contributed by atoms with Crippen molar-refractivity contribution in [2.45, 2.75) is 18.2 Å². The topological polar surface area (TPSA) is 112 Å². The summed E-state index contributed by atoms with van der Waals surface area (Å²) in [5.41, 5.74) is 1.95. The van der Waals surface area contributed by atoms with Crippen molar-refractivity contribution in [3.63, 3.8) is 0 Å². The van der Waals surface area contributed by atoms with Gasteiger partial charge in [-0.25, -0.2) is 8.42 Å². The van der Waals surface area contributed by atoms with Crippen LogP contribution >= 0.6 is 0 Å². The van der Waals surface area contributed by atoms with Gasteiger partial charge in [-0.2, -0.15) is 15.0 Å². The fourth-order valence-corrected chi connectivity index (χ4v) is 4.04. The van der Waals surface area contributed by atoms with Crippen LogP contribution in [0.2, 0.25) is 0 Å². The second kappa shape index (κ2) is 6.97. The summed E-state index contributed by atoms with van der Waals surface area (Å²) in [4.78, 5) is 1.47. The Bertz CT molecular complexity index is 1230. The number of rotatable bonds is 6. The smallest absolute Gasteiger partial charge is 0.266 e. The first-order chi connectivity index (χ1) is 13.5. The zero-order chi connectivity index (χ0) is 19.7. The predicted octanol–water partition coefficient (Wildman–Crippen LogP) is 2.78. The lowest BCUT2D eigenvalue weighted by Crippen LogP contribution is -2.15. The molecule has 9 nitrogen and oxygen atoms in total. The Hall–Kier alpha value is -3.40. The number of nitrogens with zero attached hydrogens (tertiary/aromatic N) is 4. The number of sulfonamides is 1. The maximum atomic E-state index is 12.9. The molecular weight excluding hydrogens is 382 g/mol. The van der Waals surface area contributed by atoms with Gasteiger partial charge in [0.1, 0.15) is 10.6 Å². The van der Waals surface area contributed by atoms with Crippen molar-refractivity contribution in [3.05, 3.63) is 54.4 Å². The normalized spacial score (nSPS) is 11.6. The molecule has 0 saturated heterocycles. The maximum Gasteiger partial charge on any atom is 0.266 e. The Morgan fingerprint density at radius 3 is 2.64 bits per heavy atom. The van der Waals surface area contributed by atoms with Crippen LogP contribution < -0.4 is 9.46 Å². The molecular formula is C18H17N5O4S. The fraction of sp³-hybridized carbons (Fsp3) is 0.167. The monoisotopic (exact) mass is 399 g/mol. The number of aromatic nitrogens is 4. The molecule has 2 aromatic carbocycles. The molecule has 0 bridgehead atoms. The van der Waals surface area contributed by atoms with Crippen LogP contribution in [-0.4, -0.2) is 35.7 Å². The molecule has 0 fully saturated rings. The summed E-state index contributed by atoms with van der Waals surface area (Å²) in [5, 5.41) is 12.5. The Balaban J connectivity index is 1.71. The van der Waals surface area contributed by atoms with E-state index < -0.39 is 10.0 Å². The van der Waals surface area contributed by atoms with E-state index in [1.54, 1.807) is 42.7 Å². The SMILES string of the molecule is CCc1ccc(OC)c(S(=O)(=O)Nc2noc3cc(-n4nccn4)ccc23)c1. The van der Waals surface area contributed by atoms with Crippen molar-refractivity contribution in [3.8, 4) is 11.4 Å². The lowest BCUT2D eigenvalue weighted by Gasteiger charge is -2.11. The first kappa shape index (κ1) is 18.0. The van der Waals surface area contributed by atoms with Gasteiger partial charge < -0.3 is 9.26 Å². The molecule has 4 aromatic rings. The van der Waals surface area contributed by atoms with Crippen LogP contribution in [0.15, 0.2) is 58.2 Å². The molecule has 2 aromatic heterocycles. The summed E-state index contributed by atoms with van der Waals surface area (Å²) in [5.74, 6) is 0.350. The molecule has 10 heteroatoms. The van der Waals surface area contributed by atoms with E-state index in [4.69, 9.17) is 9.26 Å². The summed E-state index contributed by atoms with van der Waals surface area (Å²) in [7, 11) is -2.50. The highest BCUT2D eigenvalue weighted by Crippen LogP contribution is 2.30. The number of hydrogen-bond donors (Lipinski definition) is 1. The predicted molar refractivity (Wildman–Crippen MR) is 102 cm³/mol. The van der Waals surface area contributed by atoms with E-state index >= 15 is 0 Å².